The van der Waals surface area contributed by atoms with Crippen LogP contribution in [0.2, 0.25) is 0 Å². The third-order valence-corrected chi connectivity index (χ3v) is 7.22. The van der Waals surface area contributed by atoms with E-state index in [1.807, 2.05) is 24.0 Å². The number of carbonyl (C=O) groups is 2. The molecule has 1 aliphatic carbocycles. The Balaban J connectivity index is 1.37. The Morgan fingerprint density at radius 2 is 1.90 bits per heavy atom. The van der Waals surface area contributed by atoms with Gasteiger partial charge in [-0.15, -0.1) is 0 Å². The zero-order valence-electron chi connectivity index (χ0n) is 16.8. The average molecular weight is 432 g/mol. The SMILES string of the molecule is Cc1cnc2c(S(=O)(=O)N3CCN(CC(=O)NC(=O)NC4CC4)CC3)cccc2c1. The van der Waals surface area contributed by atoms with Crippen LogP contribution in [0.25, 0.3) is 10.9 Å². The molecular weight excluding hydrogens is 406 g/mol. The quantitative estimate of drug-likeness (QED) is 0.726. The Morgan fingerprint density at radius 3 is 2.60 bits per heavy atom. The molecule has 2 aromatic rings. The number of nitrogens with zero attached hydrogens (tertiary/aromatic N) is 3. The lowest BCUT2D eigenvalue weighted by molar-refractivity contribution is -0.121. The van der Waals surface area contributed by atoms with Crippen LogP contribution in [0.5, 0.6) is 0 Å². The van der Waals surface area contributed by atoms with Gasteiger partial charge in [0.1, 0.15) is 4.90 Å². The molecule has 1 saturated heterocycles. The Kier molecular flexibility index (Phi) is 5.72. The van der Waals surface area contributed by atoms with Crippen molar-refractivity contribution in [2.45, 2.75) is 30.7 Å². The molecule has 0 unspecified atom stereocenters. The number of benzene rings is 1. The largest absolute Gasteiger partial charge is 0.335 e. The highest BCUT2D eigenvalue weighted by atomic mass is 32.2. The third kappa shape index (κ3) is 4.61. The molecule has 30 heavy (non-hydrogen) atoms. The van der Waals surface area contributed by atoms with Gasteiger partial charge in [0.2, 0.25) is 15.9 Å². The van der Waals surface area contributed by atoms with Crippen LogP contribution in [0.3, 0.4) is 0 Å². The molecule has 0 bridgehead atoms. The number of fused-ring (bicyclic) bond motifs is 1. The minimum Gasteiger partial charge on any atom is -0.335 e. The number of amides is 3. The van der Waals surface area contributed by atoms with Crippen molar-refractivity contribution < 1.29 is 18.0 Å². The van der Waals surface area contributed by atoms with Gasteiger partial charge in [-0.1, -0.05) is 12.1 Å². The molecule has 2 heterocycles. The summed E-state index contributed by atoms with van der Waals surface area (Å²) in [6.07, 6.45) is 3.56. The van der Waals surface area contributed by atoms with Crippen molar-refractivity contribution in [1.29, 1.82) is 0 Å². The van der Waals surface area contributed by atoms with Crippen molar-refractivity contribution in [2.75, 3.05) is 32.7 Å². The summed E-state index contributed by atoms with van der Waals surface area (Å²) in [4.78, 5) is 30.1. The number of urea groups is 1. The predicted octanol–water partition coefficient (Wildman–Crippen LogP) is 0.838. The van der Waals surface area contributed by atoms with E-state index in [4.69, 9.17) is 0 Å². The molecular formula is C20H25N5O4S. The van der Waals surface area contributed by atoms with Crippen molar-refractivity contribution in [3.05, 3.63) is 36.0 Å². The van der Waals surface area contributed by atoms with E-state index < -0.39 is 22.0 Å². The number of carbonyl (C=O) groups excluding carboxylic acids is 2. The summed E-state index contributed by atoms with van der Waals surface area (Å²) >= 11 is 0. The number of imide groups is 1. The number of hydrogen-bond donors (Lipinski definition) is 2. The highest BCUT2D eigenvalue weighted by Crippen LogP contribution is 2.25. The monoisotopic (exact) mass is 431 g/mol. The van der Waals surface area contributed by atoms with E-state index in [9.17, 15) is 18.0 Å². The first-order valence-electron chi connectivity index (χ1n) is 10.0. The summed E-state index contributed by atoms with van der Waals surface area (Å²) in [7, 11) is -3.70. The summed E-state index contributed by atoms with van der Waals surface area (Å²) in [6, 6.07) is 6.78. The number of piperazine rings is 1. The third-order valence-electron chi connectivity index (χ3n) is 5.29. The molecule has 2 fully saturated rings. The summed E-state index contributed by atoms with van der Waals surface area (Å²) in [6.45, 7) is 3.33. The fourth-order valence-electron chi connectivity index (χ4n) is 3.54. The molecule has 1 saturated carbocycles. The molecule has 0 spiro atoms. The lowest BCUT2D eigenvalue weighted by atomic mass is 10.2. The van der Waals surface area contributed by atoms with Gasteiger partial charge in [-0.25, -0.2) is 13.2 Å². The molecule has 10 heteroatoms. The normalized spacial score (nSPS) is 18.3. The minimum atomic E-state index is -3.70. The van der Waals surface area contributed by atoms with E-state index in [2.05, 4.69) is 15.6 Å². The number of aromatic nitrogens is 1. The van der Waals surface area contributed by atoms with Crippen LogP contribution in [0.15, 0.2) is 35.4 Å². The molecule has 9 nitrogen and oxygen atoms in total. The molecule has 0 radical (unpaired) electrons. The van der Waals surface area contributed by atoms with Crippen LogP contribution in [-0.4, -0.2) is 73.3 Å². The van der Waals surface area contributed by atoms with Crippen molar-refractivity contribution >= 4 is 32.9 Å². The zero-order chi connectivity index (χ0) is 21.3. The van der Waals surface area contributed by atoms with E-state index in [0.717, 1.165) is 23.8 Å². The first kappa shape index (κ1) is 20.7. The maximum Gasteiger partial charge on any atom is 0.321 e. The van der Waals surface area contributed by atoms with Crippen LogP contribution >= 0.6 is 0 Å². The number of pyridine rings is 1. The number of hydrogen-bond acceptors (Lipinski definition) is 6. The van der Waals surface area contributed by atoms with Crippen LogP contribution < -0.4 is 10.6 Å². The molecule has 1 aliphatic heterocycles. The second kappa shape index (κ2) is 8.29. The van der Waals surface area contributed by atoms with E-state index in [1.165, 1.54) is 4.31 Å². The summed E-state index contributed by atoms with van der Waals surface area (Å²) in [5.74, 6) is -0.391. The summed E-state index contributed by atoms with van der Waals surface area (Å²) in [5.41, 5.74) is 1.43. The van der Waals surface area contributed by atoms with E-state index in [1.54, 1.807) is 18.3 Å². The lowest BCUT2D eigenvalue weighted by Gasteiger charge is -2.33. The fourth-order valence-corrected chi connectivity index (χ4v) is 5.12. The predicted molar refractivity (Wildman–Crippen MR) is 111 cm³/mol. The smallest absolute Gasteiger partial charge is 0.321 e. The van der Waals surface area contributed by atoms with Crippen LogP contribution in [-0.2, 0) is 14.8 Å². The van der Waals surface area contributed by atoms with Crippen LogP contribution in [0, 0.1) is 6.92 Å². The van der Waals surface area contributed by atoms with E-state index in [-0.39, 0.29) is 30.6 Å². The van der Waals surface area contributed by atoms with Crippen molar-refractivity contribution in [3.8, 4) is 0 Å². The van der Waals surface area contributed by atoms with E-state index >= 15 is 0 Å². The summed E-state index contributed by atoms with van der Waals surface area (Å²) < 4.78 is 27.8. The first-order chi connectivity index (χ1) is 14.3. The molecule has 2 N–H and O–H groups in total. The standard InChI is InChI=1S/C20H25N5O4S/c1-14-11-15-3-2-4-17(19(15)21-12-14)30(28,29)25-9-7-24(8-10-25)13-18(26)23-20(27)22-16-5-6-16/h2-4,11-12,16H,5-10,13H2,1H3,(H2,22,23,26,27). The van der Waals surface area contributed by atoms with Crippen molar-refractivity contribution in [3.63, 3.8) is 0 Å². The molecule has 0 atom stereocenters. The molecule has 3 amide bonds. The number of para-hydroxylation sites is 1. The highest BCUT2D eigenvalue weighted by Gasteiger charge is 2.31. The van der Waals surface area contributed by atoms with Gasteiger partial charge in [-0.05, 0) is 37.5 Å². The van der Waals surface area contributed by atoms with Gasteiger partial charge < -0.3 is 5.32 Å². The van der Waals surface area contributed by atoms with Gasteiger partial charge in [-0.3, -0.25) is 20.0 Å². The maximum absolute atomic E-state index is 13.2. The molecule has 1 aromatic heterocycles. The van der Waals surface area contributed by atoms with Gasteiger partial charge in [0.25, 0.3) is 0 Å². The molecule has 4 rings (SSSR count). The van der Waals surface area contributed by atoms with Gasteiger partial charge in [0.05, 0.1) is 12.1 Å². The fraction of sp³-hybridized carbons (Fsp3) is 0.450. The Morgan fingerprint density at radius 1 is 1.17 bits per heavy atom. The minimum absolute atomic E-state index is 0.0566. The Hall–Kier alpha value is -2.56. The number of nitrogens with one attached hydrogen (secondary N) is 2. The van der Waals surface area contributed by atoms with E-state index in [0.29, 0.717) is 18.6 Å². The molecule has 2 aliphatic rings. The highest BCUT2D eigenvalue weighted by molar-refractivity contribution is 7.89. The number of sulfonamides is 1. The van der Waals surface area contributed by atoms with Gasteiger partial charge in [0, 0.05) is 43.8 Å². The topological polar surface area (TPSA) is 112 Å². The van der Waals surface area contributed by atoms with Crippen molar-refractivity contribution in [2.24, 2.45) is 0 Å². The number of aryl methyl sites for hydroxylation is 1. The Bertz CT molecular complexity index is 1080. The Labute approximate surface area is 175 Å². The molecule has 1 aromatic carbocycles. The zero-order valence-corrected chi connectivity index (χ0v) is 17.6. The van der Waals surface area contributed by atoms with Gasteiger partial charge in [0.15, 0.2) is 0 Å². The first-order valence-corrected chi connectivity index (χ1v) is 11.5. The molecule has 160 valence electrons. The lowest BCUT2D eigenvalue weighted by Crippen LogP contribution is -2.52. The average Bonchev–Trinajstić information content (AvgIpc) is 3.51. The van der Waals surface area contributed by atoms with Gasteiger partial charge >= 0.3 is 6.03 Å². The maximum atomic E-state index is 13.2. The second-order valence-electron chi connectivity index (χ2n) is 7.82. The second-order valence-corrected chi connectivity index (χ2v) is 9.72. The van der Waals surface area contributed by atoms with Crippen molar-refractivity contribution in [1.82, 2.24) is 24.8 Å². The van der Waals surface area contributed by atoms with Crippen LogP contribution in [0.1, 0.15) is 18.4 Å². The summed E-state index contributed by atoms with van der Waals surface area (Å²) in [5, 5.41) is 5.81. The van der Waals surface area contributed by atoms with Crippen LogP contribution in [0.4, 0.5) is 4.79 Å². The number of rotatable bonds is 5. The van der Waals surface area contributed by atoms with Gasteiger partial charge in [-0.2, -0.15) is 4.31 Å².